The molecule has 29 heavy (non-hydrogen) atoms. The molecule has 8 heteroatoms. The lowest BCUT2D eigenvalue weighted by atomic mass is 10.3. The van der Waals surface area contributed by atoms with Crippen LogP contribution in [0.4, 0.5) is 0 Å². The third kappa shape index (κ3) is 58.7. The van der Waals surface area contributed by atoms with E-state index >= 15 is 0 Å². The van der Waals surface area contributed by atoms with Crippen molar-refractivity contribution in [2.45, 2.75) is 86.2 Å². The Morgan fingerprint density at radius 2 is 1.79 bits per heavy atom. The number of cyclic esters (lactones) is 1. The molecule has 1 unspecified atom stereocenters. The normalized spacial score (nSPS) is 12.4. The van der Waals surface area contributed by atoms with Gasteiger partial charge in [-0.25, -0.2) is 4.79 Å². The number of rotatable bonds is 7. The minimum absolute atomic E-state index is 0. The summed E-state index contributed by atoms with van der Waals surface area (Å²) in [7, 11) is 0. The molecule has 0 aromatic rings. The van der Waals surface area contributed by atoms with E-state index in [-0.39, 0.29) is 41.3 Å². The van der Waals surface area contributed by atoms with Crippen molar-refractivity contribution in [1.29, 1.82) is 0 Å². The topological polar surface area (TPSA) is 135 Å². The molecule has 0 aromatic carbocycles. The monoisotopic (exact) mass is 420 g/mol. The Morgan fingerprint density at radius 3 is 1.90 bits per heavy atom. The van der Waals surface area contributed by atoms with Gasteiger partial charge in [0.15, 0.2) is 6.42 Å². The maximum atomic E-state index is 10.2. The van der Waals surface area contributed by atoms with Gasteiger partial charge in [-0.15, -0.1) is 6.58 Å². The second-order valence-corrected chi connectivity index (χ2v) is 5.25. The van der Waals surface area contributed by atoms with Crippen molar-refractivity contribution in [3.05, 3.63) is 25.5 Å². The van der Waals surface area contributed by atoms with Gasteiger partial charge in [-0.2, -0.15) is 9.59 Å². The number of unbranched alkanes of at least 4 members (excludes halogenated alkanes) is 2. The average Bonchev–Trinajstić information content (AvgIpc) is 3.02. The first kappa shape index (κ1) is 37.1. The molecule has 0 aromatic heterocycles. The first-order valence-electron chi connectivity index (χ1n) is 8.99. The van der Waals surface area contributed by atoms with Gasteiger partial charge in [0.2, 0.25) is 0 Å². The smallest absolute Gasteiger partial charge is 0.481 e. The molecule has 8 nitrogen and oxygen atoms in total. The number of carboxylic acid groups (broad SMARTS) is 2. The minimum Gasteiger partial charge on any atom is -0.481 e. The van der Waals surface area contributed by atoms with Gasteiger partial charge < -0.3 is 14.9 Å². The molecule has 1 atom stereocenters. The average molecular weight is 421 g/mol. The molecule has 0 radical (unpaired) electrons. The molecule has 1 heterocycles. The predicted molar refractivity (Wildman–Crippen MR) is 113 cm³/mol. The molecular formula is C21H40O8+4. The van der Waals surface area contributed by atoms with E-state index in [4.69, 9.17) is 24.5 Å². The van der Waals surface area contributed by atoms with E-state index < -0.39 is 11.9 Å². The van der Waals surface area contributed by atoms with Crippen molar-refractivity contribution in [3.63, 3.8) is 0 Å². The highest BCUT2D eigenvalue weighted by Crippen LogP contribution is 2.11. The summed E-state index contributed by atoms with van der Waals surface area (Å²) in [6.07, 6.45) is 10.4. The van der Waals surface area contributed by atoms with Crippen LogP contribution in [0.5, 0.6) is 0 Å². The summed E-state index contributed by atoms with van der Waals surface area (Å²) in [4.78, 5) is 45.9. The van der Waals surface area contributed by atoms with Crippen LogP contribution in [0, 0.1) is 12.8 Å². The second kappa shape index (κ2) is 32.9. The van der Waals surface area contributed by atoms with Crippen molar-refractivity contribution < 1.29 is 41.8 Å². The third-order valence-electron chi connectivity index (χ3n) is 2.63. The first-order chi connectivity index (χ1) is 13.2. The van der Waals surface area contributed by atoms with E-state index in [2.05, 4.69) is 13.5 Å². The van der Waals surface area contributed by atoms with Crippen LogP contribution in [-0.4, -0.2) is 40.4 Å². The van der Waals surface area contributed by atoms with Gasteiger partial charge in [-0.1, -0.05) is 20.4 Å². The highest BCUT2D eigenvalue weighted by molar-refractivity contribution is 5.71. The highest BCUT2D eigenvalue weighted by atomic mass is 16.5. The fraction of sp³-hybridized carbons (Fsp3) is 0.619. The zero-order valence-electron chi connectivity index (χ0n) is 19.3. The number of hydrogen-bond donors (Lipinski definition) is 2. The molecule has 1 rings (SSSR count). The largest absolute Gasteiger partial charge is 1.00 e. The first-order valence-corrected chi connectivity index (χ1v) is 8.99. The summed E-state index contributed by atoms with van der Waals surface area (Å²) >= 11 is 0. The Hall–Kier alpha value is -2.73. The molecule has 168 valence electrons. The Balaban J connectivity index is -0.0000000468. The summed E-state index contributed by atoms with van der Waals surface area (Å²) in [5.74, 6) is -1.52. The van der Waals surface area contributed by atoms with Gasteiger partial charge in [-0.3, -0.25) is 9.59 Å². The van der Waals surface area contributed by atoms with Gasteiger partial charge in [-0.05, 0) is 26.7 Å². The molecule has 1 fully saturated rings. The molecule has 0 aliphatic carbocycles. The molecular weight excluding hydrogens is 380 g/mol. The number of hydrogen-bond acceptors (Lipinski definition) is 6. The predicted octanol–water partition coefficient (Wildman–Crippen LogP) is 4.72. The van der Waals surface area contributed by atoms with Gasteiger partial charge in [0, 0.05) is 6.42 Å². The van der Waals surface area contributed by atoms with Crippen LogP contribution in [0.25, 0.3) is 0 Å². The number of esters is 1. The zero-order chi connectivity index (χ0) is 22.8. The van der Waals surface area contributed by atoms with Crippen LogP contribution >= 0.6 is 0 Å². The minimum atomic E-state index is -0.748. The van der Waals surface area contributed by atoms with Crippen molar-refractivity contribution in [1.82, 2.24) is 0 Å². The van der Waals surface area contributed by atoms with Crippen LogP contribution in [0.15, 0.2) is 12.7 Å². The quantitative estimate of drug-likeness (QED) is 0.343. The lowest BCUT2D eigenvalue weighted by Gasteiger charge is -1.95. The van der Waals surface area contributed by atoms with E-state index in [0.717, 1.165) is 19.3 Å². The van der Waals surface area contributed by atoms with E-state index in [9.17, 15) is 14.4 Å². The van der Waals surface area contributed by atoms with Crippen molar-refractivity contribution >= 4 is 24.1 Å². The number of carboxylic acids is 2. The fourth-order valence-corrected chi connectivity index (χ4v) is 1.20. The molecule has 1 saturated heterocycles. The van der Waals surface area contributed by atoms with Gasteiger partial charge in [0.1, 0.15) is 0 Å². The van der Waals surface area contributed by atoms with Gasteiger partial charge >= 0.3 is 26.9 Å². The van der Waals surface area contributed by atoms with Crippen LogP contribution in [0.3, 0.4) is 0 Å². The summed E-state index contributed by atoms with van der Waals surface area (Å²) in [5, 5.41) is 16.0. The Kier molecular flexibility index (Phi) is 42.1. The standard InChI is InChI=1S/3C5H8O2.C4H8.CO2.CH4/c1-4-2-3-5(6)7-4;2*1-2-3-4-5(6)7;1-3-4-2;2-1-3;/h4H,2-3H2,1H3;3H,2,4H2,1H3;2H,3-4H2,1H3;3H,1,4H2,2H3;;1H4/p+4. The molecule has 1 aliphatic heterocycles. The van der Waals surface area contributed by atoms with Gasteiger partial charge in [0.05, 0.1) is 45.1 Å². The molecule has 0 amide bonds. The molecule has 2 N–H and O–H groups in total. The molecule has 0 spiro atoms. The Morgan fingerprint density at radius 1 is 1.31 bits per heavy atom. The molecule has 1 aliphatic rings. The van der Waals surface area contributed by atoms with Crippen LogP contribution in [0.2, 0.25) is 0 Å². The molecule has 0 saturated carbocycles. The highest BCUT2D eigenvalue weighted by Gasteiger charge is 2.17. The van der Waals surface area contributed by atoms with E-state index in [1.807, 2.05) is 33.3 Å². The van der Waals surface area contributed by atoms with Crippen molar-refractivity contribution in [2.24, 2.45) is 0 Å². The van der Waals surface area contributed by atoms with Crippen molar-refractivity contribution in [2.75, 3.05) is 0 Å². The summed E-state index contributed by atoms with van der Waals surface area (Å²) in [6.45, 7) is 11.2. The third-order valence-corrected chi connectivity index (χ3v) is 2.63. The SMILES string of the molecule is C.C=CCC.CC1CCC(=O)O1.CC[CH+]CC(=O)O.C[CH+]CCC(=O)O.O=C=O.[H+].[H+]. The maximum absolute atomic E-state index is 10.2. The number of allylic oxidation sites excluding steroid dienone is 1. The van der Waals surface area contributed by atoms with Crippen LogP contribution in [0.1, 0.15) is 82.9 Å². The van der Waals surface area contributed by atoms with E-state index in [1.165, 1.54) is 0 Å². The molecule has 0 bridgehead atoms. The summed E-state index contributed by atoms with van der Waals surface area (Å²) in [6, 6.07) is 0. The van der Waals surface area contributed by atoms with Crippen molar-refractivity contribution in [3.8, 4) is 0 Å². The summed E-state index contributed by atoms with van der Waals surface area (Å²) < 4.78 is 4.72. The van der Waals surface area contributed by atoms with Crippen LogP contribution < -0.4 is 0 Å². The van der Waals surface area contributed by atoms with Gasteiger partial charge in [0.25, 0.3) is 0 Å². The fourth-order valence-electron chi connectivity index (χ4n) is 1.20. The van der Waals surface area contributed by atoms with E-state index in [0.29, 0.717) is 12.8 Å². The number of carbonyl (C=O) groups excluding carboxylic acids is 3. The lowest BCUT2D eigenvalue weighted by Crippen LogP contribution is -1.98. The zero-order valence-corrected chi connectivity index (χ0v) is 17.3. The number of ether oxygens (including phenoxy) is 1. The maximum Gasteiger partial charge on any atom is 1.00 e. The van der Waals surface area contributed by atoms with Crippen LogP contribution in [-0.2, 0) is 28.7 Å². The Bertz CT molecular complexity index is 419. The second-order valence-electron chi connectivity index (χ2n) is 5.25. The Labute approximate surface area is 178 Å². The summed E-state index contributed by atoms with van der Waals surface area (Å²) in [5.41, 5.74) is 0. The number of aliphatic carboxylic acids is 2. The number of carbonyl (C=O) groups is 3. The van der Waals surface area contributed by atoms with E-state index in [1.54, 1.807) is 6.42 Å². The lowest BCUT2D eigenvalue weighted by molar-refractivity contribution is -0.191.